The Labute approximate surface area is 94.0 Å². The van der Waals surface area contributed by atoms with E-state index in [4.69, 9.17) is 0 Å². The average Bonchev–Trinajstić information content (AvgIpc) is 2.15. The van der Waals surface area contributed by atoms with Crippen molar-refractivity contribution in [1.29, 1.82) is 0 Å². The van der Waals surface area contributed by atoms with Crippen molar-refractivity contribution in [2.75, 3.05) is 0 Å². The lowest BCUT2D eigenvalue weighted by Crippen LogP contribution is -2.62. The number of rotatable bonds is 4. The fraction of sp³-hybridized carbons (Fsp3) is 0.667. The number of hydrogen-bond donors (Lipinski definition) is 0. The second-order valence-electron chi connectivity index (χ2n) is 2.87. The van der Waals surface area contributed by atoms with Crippen LogP contribution < -0.4 is 0 Å². The molecule has 18 heavy (non-hydrogen) atoms. The van der Waals surface area contributed by atoms with E-state index in [0.29, 0.717) is 0 Å². The first-order chi connectivity index (χ1) is 7.56. The van der Waals surface area contributed by atoms with Crippen LogP contribution in [0.5, 0.6) is 0 Å². The number of alkyl halides is 9. The Balaban J connectivity index is 6.04. The van der Waals surface area contributed by atoms with Gasteiger partial charge in [-0.15, -0.1) is 0 Å². The summed E-state index contributed by atoms with van der Waals surface area (Å²) in [4.78, 5) is 0. The number of hydrogen-bond acceptors (Lipinski definition) is 2. The molecule has 0 saturated heterocycles. The van der Waals surface area contributed by atoms with Crippen LogP contribution in [-0.2, 0) is 9.84 Å². The van der Waals surface area contributed by atoms with E-state index in [2.05, 4.69) is 6.58 Å². The molecule has 0 aliphatic rings. The Morgan fingerprint density at radius 1 is 0.778 bits per heavy atom. The maximum Gasteiger partial charge on any atom is 0.460 e. The Hall–Kier alpha value is -0.940. The third kappa shape index (κ3) is 2.06. The van der Waals surface area contributed by atoms with Gasteiger partial charge >= 0.3 is 23.3 Å². The van der Waals surface area contributed by atoms with Crippen molar-refractivity contribution in [3.63, 3.8) is 0 Å². The van der Waals surface area contributed by atoms with E-state index >= 15 is 0 Å². The topological polar surface area (TPSA) is 34.1 Å². The van der Waals surface area contributed by atoms with Gasteiger partial charge in [-0.2, -0.15) is 39.5 Å². The van der Waals surface area contributed by atoms with Gasteiger partial charge in [0.15, 0.2) is 0 Å². The van der Waals surface area contributed by atoms with Crippen LogP contribution in [-0.4, -0.2) is 31.7 Å². The van der Waals surface area contributed by atoms with E-state index in [1.165, 1.54) is 0 Å². The number of sulfone groups is 1. The van der Waals surface area contributed by atoms with Gasteiger partial charge in [0.05, 0.1) is 0 Å². The lowest BCUT2D eigenvalue weighted by Gasteiger charge is -2.32. The molecular formula is C6H3F9O2S. The summed E-state index contributed by atoms with van der Waals surface area (Å²) < 4.78 is 130. The van der Waals surface area contributed by atoms with Gasteiger partial charge in [-0.05, 0) is 0 Å². The summed E-state index contributed by atoms with van der Waals surface area (Å²) in [5, 5.41) is -7.51. The molecule has 2 nitrogen and oxygen atoms in total. The first-order valence-electron chi connectivity index (χ1n) is 3.63. The molecule has 0 aromatic rings. The van der Waals surface area contributed by atoms with Crippen LogP contribution in [0.1, 0.15) is 0 Å². The molecule has 0 atom stereocenters. The Morgan fingerprint density at radius 2 is 1.11 bits per heavy atom. The molecule has 0 aromatic carbocycles. The van der Waals surface area contributed by atoms with E-state index in [1.807, 2.05) is 0 Å². The zero-order valence-corrected chi connectivity index (χ0v) is 8.73. The first-order valence-corrected chi connectivity index (χ1v) is 5.18. The molecule has 0 aliphatic carbocycles. The van der Waals surface area contributed by atoms with Crippen molar-refractivity contribution >= 4 is 9.84 Å². The van der Waals surface area contributed by atoms with Crippen LogP contribution in [0.15, 0.2) is 12.0 Å². The molecule has 0 unspecified atom stereocenters. The molecule has 0 aromatic heterocycles. The first kappa shape index (κ1) is 17.1. The van der Waals surface area contributed by atoms with E-state index in [-0.39, 0.29) is 0 Å². The highest BCUT2D eigenvalue weighted by molar-refractivity contribution is 7.95. The molecule has 0 N–H and O–H groups in total. The van der Waals surface area contributed by atoms with Crippen LogP contribution in [0.4, 0.5) is 39.5 Å². The van der Waals surface area contributed by atoms with Crippen molar-refractivity contribution in [2.45, 2.75) is 23.3 Å². The SMILES string of the molecule is C=CS(=O)(=O)C(F)(F)C(F)(F)C(F)(F)C(F)(F)F. The molecule has 0 bridgehead atoms. The minimum absolute atomic E-state index is 0.840. The van der Waals surface area contributed by atoms with E-state index in [1.54, 1.807) is 0 Å². The molecular weight excluding hydrogens is 307 g/mol. The highest BCUT2D eigenvalue weighted by Gasteiger charge is 2.84. The lowest BCUT2D eigenvalue weighted by molar-refractivity contribution is -0.382. The molecule has 0 saturated carbocycles. The van der Waals surface area contributed by atoms with Gasteiger partial charge in [0.1, 0.15) is 0 Å². The zero-order valence-electron chi connectivity index (χ0n) is 7.91. The monoisotopic (exact) mass is 310 g/mol. The maximum absolute atomic E-state index is 12.6. The fourth-order valence-corrected chi connectivity index (χ4v) is 1.34. The summed E-state index contributed by atoms with van der Waals surface area (Å²) in [6.07, 6.45) is -7.06. The van der Waals surface area contributed by atoms with Crippen LogP contribution in [0.2, 0.25) is 0 Å². The molecule has 0 rings (SSSR count). The van der Waals surface area contributed by atoms with Gasteiger partial charge in [-0.25, -0.2) is 8.42 Å². The largest absolute Gasteiger partial charge is 0.460 e. The van der Waals surface area contributed by atoms with Gasteiger partial charge in [-0.3, -0.25) is 0 Å². The summed E-state index contributed by atoms with van der Waals surface area (Å²) in [5.74, 6) is -14.4. The van der Waals surface area contributed by atoms with Crippen molar-refractivity contribution < 1.29 is 47.9 Å². The minimum atomic E-state index is -7.24. The third-order valence-corrected chi connectivity index (χ3v) is 3.10. The van der Waals surface area contributed by atoms with Crippen LogP contribution in [0.25, 0.3) is 0 Å². The van der Waals surface area contributed by atoms with Crippen LogP contribution in [0, 0.1) is 0 Å². The molecule has 108 valence electrons. The smallest absolute Gasteiger partial charge is 0.218 e. The normalized spacial score (nSPS) is 15.6. The summed E-state index contributed by atoms with van der Waals surface area (Å²) in [7, 11) is -6.40. The quantitative estimate of drug-likeness (QED) is 0.748. The predicted molar refractivity (Wildman–Crippen MR) is 40.0 cm³/mol. The predicted octanol–water partition coefficient (Wildman–Crippen LogP) is 2.97. The van der Waals surface area contributed by atoms with Crippen molar-refractivity contribution in [2.24, 2.45) is 0 Å². The summed E-state index contributed by atoms with van der Waals surface area (Å²) in [6, 6.07) is 0. The minimum Gasteiger partial charge on any atom is -0.218 e. The van der Waals surface area contributed by atoms with Gasteiger partial charge < -0.3 is 0 Å². The Kier molecular flexibility index (Phi) is 3.82. The van der Waals surface area contributed by atoms with Crippen LogP contribution in [0.3, 0.4) is 0 Å². The molecule has 0 radical (unpaired) electrons. The molecule has 0 amide bonds. The van der Waals surface area contributed by atoms with Gasteiger partial charge in [-0.1, -0.05) is 6.58 Å². The Morgan fingerprint density at radius 3 is 1.33 bits per heavy atom. The van der Waals surface area contributed by atoms with E-state index in [0.717, 1.165) is 0 Å². The average molecular weight is 310 g/mol. The van der Waals surface area contributed by atoms with E-state index in [9.17, 15) is 47.9 Å². The molecule has 0 spiro atoms. The Bertz CT molecular complexity index is 432. The van der Waals surface area contributed by atoms with Crippen LogP contribution >= 0.6 is 0 Å². The van der Waals surface area contributed by atoms with Gasteiger partial charge in [0.25, 0.3) is 0 Å². The highest BCUT2D eigenvalue weighted by Crippen LogP contribution is 2.54. The standard InChI is InChI=1S/C6H3F9O2S/c1-2-18(16,17)6(14,15)4(9,10)3(7,8)5(11,12)13/h2H,1H2. The second kappa shape index (κ2) is 4.03. The second-order valence-corrected chi connectivity index (χ2v) is 4.81. The van der Waals surface area contributed by atoms with Gasteiger partial charge in [0.2, 0.25) is 9.84 Å². The summed E-state index contributed by atoms with van der Waals surface area (Å²) >= 11 is 0. The molecule has 0 fully saturated rings. The fourth-order valence-electron chi connectivity index (χ4n) is 0.644. The van der Waals surface area contributed by atoms with E-state index < -0.39 is 38.5 Å². The number of halogens is 9. The zero-order chi connectivity index (χ0) is 15.2. The molecule has 0 aliphatic heterocycles. The molecule has 12 heteroatoms. The van der Waals surface area contributed by atoms with Crippen molar-refractivity contribution in [3.8, 4) is 0 Å². The summed E-state index contributed by atoms with van der Waals surface area (Å²) in [5.41, 5.74) is 0. The highest BCUT2D eigenvalue weighted by atomic mass is 32.2. The summed E-state index contributed by atoms with van der Waals surface area (Å²) in [6.45, 7) is 2.13. The molecule has 0 heterocycles. The lowest BCUT2D eigenvalue weighted by atomic mass is 10.1. The maximum atomic E-state index is 12.6. The third-order valence-electron chi connectivity index (χ3n) is 1.69. The van der Waals surface area contributed by atoms with Gasteiger partial charge in [0, 0.05) is 5.41 Å². The van der Waals surface area contributed by atoms with Crippen molar-refractivity contribution in [1.82, 2.24) is 0 Å². The van der Waals surface area contributed by atoms with Crippen molar-refractivity contribution in [3.05, 3.63) is 12.0 Å².